The van der Waals surface area contributed by atoms with E-state index >= 15 is 0 Å². The van der Waals surface area contributed by atoms with Crippen molar-refractivity contribution in [3.63, 3.8) is 0 Å². The monoisotopic (exact) mass is 487 g/mol. The van der Waals surface area contributed by atoms with Crippen LogP contribution in [0.3, 0.4) is 0 Å². The van der Waals surface area contributed by atoms with Gasteiger partial charge in [0.2, 0.25) is 0 Å². The summed E-state index contributed by atoms with van der Waals surface area (Å²) >= 11 is 0. The maximum Gasteiger partial charge on any atom is 0.324 e. The van der Waals surface area contributed by atoms with Crippen LogP contribution < -0.4 is 20.7 Å². The van der Waals surface area contributed by atoms with Crippen molar-refractivity contribution in [1.29, 1.82) is 0 Å². The number of anilines is 2. The minimum absolute atomic E-state index is 0.0838. The molecule has 9 nitrogen and oxygen atoms in total. The predicted molar refractivity (Wildman–Crippen MR) is 132 cm³/mol. The summed E-state index contributed by atoms with van der Waals surface area (Å²) in [6.07, 6.45) is 3.15. The third-order valence-electron chi connectivity index (χ3n) is 8.08. The Morgan fingerprint density at radius 2 is 2.03 bits per heavy atom. The van der Waals surface area contributed by atoms with E-state index < -0.39 is 0 Å². The van der Waals surface area contributed by atoms with Gasteiger partial charge in [0.25, 0.3) is 5.91 Å². The molecule has 4 heterocycles. The number of nitrogens with two attached hydrogens (primary N) is 1. The van der Waals surface area contributed by atoms with Gasteiger partial charge >= 0.3 is 6.01 Å². The molecule has 0 bridgehead atoms. The van der Waals surface area contributed by atoms with Crippen molar-refractivity contribution in [3.8, 4) is 22.9 Å². The smallest absolute Gasteiger partial charge is 0.324 e. The quantitative estimate of drug-likeness (QED) is 0.452. The highest BCUT2D eigenvalue weighted by Crippen LogP contribution is 2.48. The number of carbonyl (C=O) groups is 1. The summed E-state index contributed by atoms with van der Waals surface area (Å²) in [5.74, 6) is 1.74. The normalized spacial score (nSPS) is 23.2. The second kappa shape index (κ2) is 7.60. The van der Waals surface area contributed by atoms with Gasteiger partial charge in [0, 0.05) is 50.9 Å². The van der Waals surface area contributed by atoms with Crippen LogP contribution in [0.15, 0.2) is 24.4 Å². The molecule has 1 aromatic carbocycles. The van der Waals surface area contributed by atoms with E-state index in [1.807, 2.05) is 0 Å². The van der Waals surface area contributed by atoms with Crippen LogP contribution in [-0.2, 0) is 13.0 Å². The first kappa shape index (κ1) is 21.5. The van der Waals surface area contributed by atoms with E-state index in [0.29, 0.717) is 36.1 Å². The Hall–Kier alpha value is -3.79. The lowest BCUT2D eigenvalue weighted by Gasteiger charge is -2.36. The summed E-state index contributed by atoms with van der Waals surface area (Å²) in [5, 5.41) is 3.11. The van der Waals surface area contributed by atoms with Crippen molar-refractivity contribution in [2.75, 3.05) is 37.4 Å². The van der Waals surface area contributed by atoms with Crippen molar-refractivity contribution in [2.24, 2.45) is 17.6 Å². The van der Waals surface area contributed by atoms with Gasteiger partial charge in [0.05, 0.1) is 29.7 Å². The van der Waals surface area contributed by atoms with E-state index in [2.05, 4.69) is 15.2 Å². The van der Waals surface area contributed by atoms with Gasteiger partial charge in [-0.3, -0.25) is 9.78 Å². The molecule has 0 radical (unpaired) electrons. The van der Waals surface area contributed by atoms with Gasteiger partial charge in [0.1, 0.15) is 17.4 Å². The molecule has 1 saturated carbocycles. The Morgan fingerprint density at radius 1 is 1.17 bits per heavy atom. The van der Waals surface area contributed by atoms with Crippen LogP contribution in [0.25, 0.3) is 11.1 Å². The van der Waals surface area contributed by atoms with Crippen LogP contribution in [-0.4, -0.2) is 59.0 Å². The van der Waals surface area contributed by atoms with Gasteiger partial charge in [-0.05, 0) is 47.6 Å². The number of rotatable bonds is 4. The lowest BCUT2D eigenvalue weighted by atomic mass is 9.72. The summed E-state index contributed by atoms with van der Waals surface area (Å²) < 4.78 is 20.6. The molecule has 0 spiro atoms. The Morgan fingerprint density at radius 3 is 2.81 bits per heavy atom. The second-order valence-electron chi connectivity index (χ2n) is 10.2. The van der Waals surface area contributed by atoms with Crippen molar-refractivity contribution in [1.82, 2.24) is 19.9 Å². The average Bonchev–Trinajstić information content (AvgIpc) is 3.49. The zero-order chi connectivity index (χ0) is 24.7. The Bertz CT molecular complexity index is 1440. The van der Waals surface area contributed by atoms with E-state index in [0.717, 1.165) is 59.1 Å². The number of fused-ring (bicyclic) bond motifs is 5. The number of carbonyl (C=O) groups excluding carboxylic acids is 1. The summed E-state index contributed by atoms with van der Waals surface area (Å²) in [7, 11) is 3.54. The Balaban J connectivity index is 1.31. The predicted octanol–water partition coefficient (Wildman–Crippen LogP) is 2.78. The van der Waals surface area contributed by atoms with E-state index in [4.69, 9.17) is 20.4 Å². The zero-order valence-electron chi connectivity index (χ0n) is 20.1. The first-order chi connectivity index (χ1) is 17.4. The summed E-state index contributed by atoms with van der Waals surface area (Å²) in [6.45, 7) is 2.14. The van der Waals surface area contributed by atoms with Crippen LogP contribution >= 0.6 is 0 Å². The molecule has 36 heavy (non-hydrogen) atoms. The number of nitrogens with one attached hydrogen (secondary N) is 1. The molecule has 1 saturated heterocycles. The molecule has 4 aliphatic rings. The third-order valence-corrected chi connectivity index (χ3v) is 8.08. The molecule has 2 unspecified atom stereocenters. The number of hydrogen-bond acceptors (Lipinski definition) is 8. The van der Waals surface area contributed by atoms with E-state index in [-0.39, 0.29) is 23.8 Å². The maximum absolute atomic E-state index is 14.6. The first-order valence-corrected chi connectivity index (χ1v) is 12.2. The van der Waals surface area contributed by atoms with E-state index in [1.165, 1.54) is 6.07 Å². The fourth-order valence-electron chi connectivity index (χ4n) is 6.17. The molecule has 184 valence electrons. The Kier molecular flexibility index (Phi) is 4.54. The minimum atomic E-state index is -0.306. The van der Waals surface area contributed by atoms with Crippen molar-refractivity contribution >= 4 is 17.4 Å². The van der Waals surface area contributed by atoms with E-state index in [1.54, 1.807) is 37.3 Å². The molecule has 2 aliphatic heterocycles. The van der Waals surface area contributed by atoms with Crippen LogP contribution in [0.2, 0.25) is 0 Å². The number of nitrogens with zero attached hydrogens (tertiary/aromatic N) is 5. The molecule has 3 aromatic rings. The number of aromatic nitrogens is 3. The van der Waals surface area contributed by atoms with Gasteiger partial charge in [0.15, 0.2) is 0 Å². The van der Waals surface area contributed by atoms with Crippen LogP contribution in [0.4, 0.5) is 15.9 Å². The van der Waals surface area contributed by atoms with Gasteiger partial charge in [-0.15, -0.1) is 0 Å². The first-order valence-electron chi connectivity index (χ1n) is 12.2. The van der Waals surface area contributed by atoms with Crippen LogP contribution in [0.5, 0.6) is 11.8 Å². The fourth-order valence-corrected chi connectivity index (χ4v) is 6.17. The number of amides is 1. The average molecular weight is 488 g/mol. The number of halogens is 1. The molecule has 10 heteroatoms. The molecule has 7 rings (SSSR count). The fraction of sp³-hybridized carbons (Fsp3) is 0.385. The molecular weight excluding hydrogens is 461 g/mol. The highest BCUT2D eigenvalue weighted by Gasteiger charge is 2.46. The van der Waals surface area contributed by atoms with Gasteiger partial charge in [-0.25, -0.2) is 4.39 Å². The highest BCUT2D eigenvalue weighted by atomic mass is 19.1. The molecule has 1 amide bonds. The molecule has 3 atom stereocenters. The molecule has 3 N–H and O–H groups in total. The number of ether oxygens (including phenoxy) is 1. The summed E-state index contributed by atoms with van der Waals surface area (Å²) in [4.78, 5) is 30.3. The molecule has 2 aromatic heterocycles. The standard InChI is InChI=1S/C26H26FN7O2/c1-29-20-5-13(27)4-16-15(20)7-21-23(16)24(34-9-12-3-19(28)18(12)10-34)32-26(31-21)36-14-6-17-22(30-8-14)11-33(2)25(17)35/h4-6,8,12,18-19,29H,3,7,9-11,28H2,1-2H3/t12?,18?,19-/m1/s1. The van der Waals surface area contributed by atoms with Gasteiger partial charge in [-0.1, -0.05) is 0 Å². The van der Waals surface area contributed by atoms with Crippen molar-refractivity contribution in [3.05, 3.63) is 52.7 Å². The minimum Gasteiger partial charge on any atom is -0.423 e. The van der Waals surface area contributed by atoms with Gasteiger partial charge in [-0.2, -0.15) is 9.97 Å². The molecule has 2 aliphatic carbocycles. The lowest BCUT2D eigenvalue weighted by molar-refractivity contribution is 0.0816. The van der Waals surface area contributed by atoms with Crippen molar-refractivity contribution in [2.45, 2.75) is 25.4 Å². The number of pyridine rings is 1. The lowest BCUT2D eigenvalue weighted by Crippen LogP contribution is -2.46. The highest BCUT2D eigenvalue weighted by molar-refractivity contribution is 5.98. The van der Waals surface area contributed by atoms with E-state index in [9.17, 15) is 9.18 Å². The number of hydrogen-bond donors (Lipinski definition) is 2. The zero-order valence-corrected chi connectivity index (χ0v) is 20.1. The maximum atomic E-state index is 14.6. The van der Waals surface area contributed by atoms with Crippen molar-refractivity contribution < 1.29 is 13.9 Å². The Labute approximate surface area is 207 Å². The number of benzene rings is 1. The SMILES string of the molecule is CNc1cc(F)cc2c1Cc1nc(Oc3cnc4c(c3)C(=O)N(C)C4)nc(N3CC4C[C@@H](N)C4C3)c1-2. The third kappa shape index (κ3) is 3.10. The van der Waals surface area contributed by atoms with Gasteiger partial charge < -0.3 is 25.6 Å². The summed E-state index contributed by atoms with van der Waals surface area (Å²) in [6, 6.07) is 5.17. The largest absolute Gasteiger partial charge is 0.423 e. The molecule has 2 fully saturated rings. The molecular formula is C26H26FN7O2. The summed E-state index contributed by atoms with van der Waals surface area (Å²) in [5.41, 5.74) is 11.7. The van der Waals surface area contributed by atoms with Crippen LogP contribution in [0, 0.1) is 17.7 Å². The second-order valence-corrected chi connectivity index (χ2v) is 10.2. The topological polar surface area (TPSA) is 110 Å². The van der Waals surface area contributed by atoms with Crippen LogP contribution in [0.1, 0.15) is 33.7 Å².